The van der Waals surface area contributed by atoms with Crippen LogP contribution in [0.4, 0.5) is 5.69 Å². The lowest BCUT2D eigenvalue weighted by molar-refractivity contribution is -0.288. The van der Waals surface area contributed by atoms with Gasteiger partial charge >= 0.3 is 29.5 Å². The van der Waals surface area contributed by atoms with Gasteiger partial charge < -0.3 is 38.2 Å². The Bertz CT molecular complexity index is 1620. The van der Waals surface area contributed by atoms with Gasteiger partial charge in [-0.05, 0) is 30.3 Å². The Morgan fingerprint density at radius 1 is 0.773 bits per heavy atom. The summed E-state index contributed by atoms with van der Waals surface area (Å²) in [5.74, 6) is -3.45. The number of ether oxygens (including phenoxy) is 6. The number of fused-ring (bicyclic) bond motifs is 1. The van der Waals surface area contributed by atoms with E-state index in [-0.39, 0.29) is 17.0 Å². The SMILES string of the molecule is CC(=O)OC[C@H]1O[C@@H](Oc2ccc3cc(NC(=O)c4ccccc4)c(=O)oc3c2)[C@H](OC(C)=O)[C@@H](OC(C)=O)[C@@H]1OC(C)=O. The maximum atomic E-state index is 12.7. The van der Waals surface area contributed by atoms with E-state index in [4.69, 9.17) is 32.8 Å². The molecule has 14 heteroatoms. The van der Waals surface area contributed by atoms with Gasteiger partial charge in [-0.25, -0.2) is 4.79 Å². The zero-order valence-corrected chi connectivity index (χ0v) is 24.1. The molecule has 1 N–H and O–H groups in total. The molecule has 5 atom stereocenters. The smallest absolute Gasteiger partial charge is 0.360 e. The molecule has 0 bridgehead atoms. The van der Waals surface area contributed by atoms with Crippen LogP contribution in [0.25, 0.3) is 11.0 Å². The lowest BCUT2D eigenvalue weighted by Gasteiger charge is -2.43. The molecule has 1 amide bonds. The van der Waals surface area contributed by atoms with Crippen LogP contribution in [0.5, 0.6) is 5.75 Å². The molecule has 14 nitrogen and oxygen atoms in total. The third-order valence-electron chi connectivity index (χ3n) is 6.19. The summed E-state index contributed by atoms with van der Waals surface area (Å²) in [5.41, 5.74) is -0.484. The predicted octanol–water partition coefficient (Wildman–Crippen LogP) is 2.51. The highest BCUT2D eigenvalue weighted by Crippen LogP contribution is 2.32. The minimum absolute atomic E-state index is 0.0719. The Hall–Kier alpha value is -5.24. The topological polar surface area (TPSA) is 183 Å². The van der Waals surface area contributed by atoms with Crippen LogP contribution < -0.4 is 15.7 Å². The van der Waals surface area contributed by atoms with E-state index in [9.17, 15) is 28.8 Å². The molecule has 1 saturated heterocycles. The molecule has 0 aliphatic carbocycles. The number of amides is 1. The van der Waals surface area contributed by atoms with Gasteiger partial charge in [-0.1, -0.05) is 18.2 Å². The summed E-state index contributed by atoms with van der Waals surface area (Å²) in [6.45, 7) is 4.04. The molecule has 232 valence electrons. The fourth-order valence-corrected chi connectivity index (χ4v) is 4.45. The molecular weight excluding hydrogens is 582 g/mol. The van der Waals surface area contributed by atoms with Crippen LogP contribution >= 0.6 is 0 Å². The van der Waals surface area contributed by atoms with Gasteiger partial charge in [0, 0.05) is 44.7 Å². The maximum Gasteiger partial charge on any atom is 0.360 e. The van der Waals surface area contributed by atoms with E-state index in [0.717, 1.165) is 27.7 Å². The summed E-state index contributed by atoms with van der Waals surface area (Å²) in [4.78, 5) is 72.7. The number of hydrogen-bond donors (Lipinski definition) is 1. The van der Waals surface area contributed by atoms with Crippen molar-refractivity contribution in [3.05, 3.63) is 70.6 Å². The summed E-state index contributed by atoms with van der Waals surface area (Å²) in [5, 5.41) is 2.96. The second-order valence-electron chi connectivity index (χ2n) is 9.65. The van der Waals surface area contributed by atoms with Crippen molar-refractivity contribution < 1.29 is 56.8 Å². The average molecular weight is 612 g/mol. The minimum atomic E-state index is -1.48. The Morgan fingerprint density at radius 3 is 2.05 bits per heavy atom. The lowest BCUT2D eigenvalue weighted by Crippen LogP contribution is -2.63. The van der Waals surface area contributed by atoms with Gasteiger partial charge in [-0.3, -0.25) is 24.0 Å². The van der Waals surface area contributed by atoms with E-state index < -0.39 is 72.7 Å². The largest absolute Gasteiger partial charge is 0.463 e. The van der Waals surface area contributed by atoms with Crippen molar-refractivity contribution in [3.8, 4) is 5.75 Å². The van der Waals surface area contributed by atoms with E-state index in [1.165, 1.54) is 24.3 Å². The molecular formula is C30H29NO13. The number of rotatable bonds is 9. The lowest BCUT2D eigenvalue weighted by atomic mass is 9.98. The number of benzene rings is 2. The second kappa shape index (κ2) is 13.8. The maximum absolute atomic E-state index is 12.7. The minimum Gasteiger partial charge on any atom is -0.463 e. The van der Waals surface area contributed by atoms with Gasteiger partial charge in [0.1, 0.15) is 29.7 Å². The van der Waals surface area contributed by atoms with Crippen molar-refractivity contribution in [3.63, 3.8) is 0 Å². The fraction of sp³-hybridized carbons (Fsp3) is 0.333. The highest BCUT2D eigenvalue weighted by Gasteiger charge is 2.53. The normalized spacial score (nSPS) is 21.0. The zero-order valence-electron chi connectivity index (χ0n) is 24.1. The van der Waals surface area contributed by atoms with Crippen LogP contribution in [0.3, 0.4) is 0 Å². The summed E-state index contributed by atoms with van der Waals surface area (Å²) in [6.07, 6.45) is -6.91. The van der Waals surface area contributed by atoms with Gasteiger partial charge in [-0.2, -0.15) is 0 Å². The second-order valence-corrected chi connectivity index (χ2v) is 9.65. The molecule has 3 aromatic rings. The van der Waals surface area contributed by atoms with E-state index >= 15 is 0 Å². The van der Waals surface area contributed by atoms with Crippen molar-refractivity contribution in [1.82, 2.24) is 0 Å². The molecule has 0 saturated carbocycles. The van der Waals surface area contributed by atoms with Crippen LogP contribution in [-0.4, -0.2) is 67.1 Å². The van der Waals surface area contributed by atoms with Crippen molar-refractivity contribution in [2.45, 2.75) is 58.4 Å². The first-order valence-electron chi connectivity index (χ1n) is 13.3. The third kappa shape index (κ3) is 7.98. The van der Waals surface area contributed by atoms with Crippen LogP contribution in [-0.2, 0) is 42.9 Å². The third-order valence-corrected chi connectivity index (χ3v) is 6.19. The molecule has 1 fully saturated rings. The molecule has 0 unspecified atom stereocenters. The van der Waals surface area contributed by atoms with Gasteiger partial charge in [0.25, 0.3) is 5.91 Å². The number of nitrogens with one attached hydrogen (secondary N) is 1. The van der Waals surface area contributed by atoms with Crippen LogP contribution in [0.15, 0.2) is 63.8 Å². The van der Waals surface area contributed by atoms with Gasteiger partial charge in [0.2, 0.25) is 12.4 Å². The summed E-state index contributed by atoms with van der Waals surface area (Å²) < 4.78 is 38.5. The number of anilines is 1. The molecule has 2 heterocycles. The highest BCUT2D eigenvalue weighted by atomic mass is 16.7. The molecule has 2 aromatic carbocycles. The quantitative estimate of drug-likeness (QED) is 0.212. The molecule has 0 radical (unpaired) electrons. The molecule has 4 rings (SSSR count). The van der Waals surface area contributed by atoms with Crippen LogP contribution in [0, 0.1) is 0 Å². The summed E-state index contributed by atoms with van der Waals surface area (Å²) in [7, 11) is 0. The molecule has 0 spiro atoms. The van der Waals surface area contributed by atoms with Gasteiger partial charge in [0.15, 0.2) is 12.2 Å². The van der Waals surface area contributed by atoms with Crippen molar-refractivity contribution >= 4 is 46.4 Å². The van der Waals surface area contributed by atoms with Gasteiger partial charge in [-0.15, -0.1) is 0 Å². The van der Waals surface area contributed by atoms with Crippen molar-refractivity contribution in [1.29, 1.82) is 0 Å². The standard InChI is InChI=1S/C30H29NO13/c1-15(32)38-14-24-25(39-16(2)33)26(40-17(3)34)27(41-18(4)35)30(44-24)42-21-11-10-20-12-22(29(37)43-23(20)13-21)31-28(36)19-8-6-5-7-9-19/h5-13,24-27,30H,14H2,1-4H3,(H,31,36)/t24-,25-,26+,27-,30-/m1/s1. The molecule has 1 aromatic heterocycles. The number of carbonyl (C=O) groups excluding carboxylic acids is 5. The Morgan fingerprint density at radius 2 is 1.41 bits per heavy atom. The monoisotopic (exact) mass is 611 g/mol. The van der Waals surface area contributed by atoms with Gasteiger partial charge in [0.05, 0.1) is 0 Å². The van der Waals surface area contributed by atoms with Crippen LogP contribution in [0.2, 0.25) is 0 Å². The predicted molar refractivity (Wildman–Crippen MR) is 149 cm³/mol. The Balaban J connectivity index is 1.65. The first kappa shape index (κ1) is 31.7. The number of esters is 4. The van der Waals surface area contributed by atoms with Crippen molar-refractivity contribution in [2.24, 2.45) is 0 Å². The molecule has 1 aliphatic heterocycles. The first-order valence-corrected chi connectivity index (χ1v) is 13.3. The van der Waals surface area contributed by atoms with E-state index in [0.29, 0.717) is 10.9 Å². The summed E-state index contributed by atoms with van der Waals surface area (Å²) >= 11 is 0. The average Bonchev–Trinajstić information content (AvgIpc) is 2.95. The Labute approximate surface area is 250 Å². The van der Waals surface area contributed by atoms with E-state index in [2.05, 4.69) is 5.32 Å². The van der Waals surface area contributed by atoms with E-state index in [1.807, 2.05) is 0 Å². The van der Waals surface area contributed by atoms with Crippen LogP contribution in [0.1, 0.15) is 38.1 Å². The molecule has 1 aliphatic rings. The van der Waals surface area contributed by atoms with Crippen molar-refractivity contribution in [2.75, 3.05) is 11.9 Å². The first-order chi connectivity index (χ1) is 20.9. The molecule has 44 heavy (non-hydrogen) atoms. The summed E-state index contributed by atoms with van der Waals surface area (Å²) in [6, 6.07) is 14.1. The number of carbonyl (C=O) groups is 5. The van der Waals surface area contributed by atoms with E-state index in [1.54, 1.807) is 30.3 Å². The highest BCUT2D eigenvalue weighted by molar-refractivity contribution is 6.04. The fourth-order valence-electron chi connectivity index (χ4n) is 4.45. The number of hydrogen-bond acceptors (Lipinski definition) is 13. The Kier molecular flexibility index (Phi) is 9.95. The zero-order chi connectivity index (χ0) is 32.0.